The summed E-state index contributed by atoms with van der Waals surface area (Å²) in [4.78, 5) is 12.2. The SMILES string of the molecule is COc1cc(-c2nnc(SCC(=O)NCC(C)C)n2-c2ccccc2F)cc(OC)c1OC. The number of benzene rings is 2. The first-order valence-electron chi connectivity index (χ1n) is 10.3. The van der Waals surface area contributed by atoms with Crippen molar-refractivity contribution < 1.29 is 23.4 Å². The van der Waals surface area contributed by atoms with Crippen LogP contribution in [-0.2, 0) is 4.79 Å². The number of para-hydroxylation sites is 1. The first-order valence-corrected chi connectivity index (χ1v) is 11.3. The van der Waals surface area contributed by atoms with Gasteiger partial charge < -0.3 is 19.5 Å². The van der Waals surface area contributed by atoms with Crippen LogP contribution in [0.25, 0.3) is 17.1 Å². The quantitative estimate of drug-likeness (QED) is 0.445. The molecule has 0 saturated carbocycles. The van der Waals surface area contributed by atoms with Crippen molar-refractivity contribution >= 4 is 17.7 Å². The van der Waals surface area contributed by atoms with E-state index in [0.717, 1.165) is 0 Å². The summed E-state index contributed by atoms with van der Waals surface area (Å²) in [6, 6.07) is 9.75. The van der Waals surface area contributed by atoms with Gasteiger partial charge in [-0.2, -0.15) is 0 Å². The molecule has 0 aliphatic rings. The zero-order valence-electron chi connectivity index (χ0n) is 19.2. The van der Waals surface area contributed by atoms with Crippen molar-refractivity contribution in [3.63, 3.8) is 0 Å². The van der Waals surface area contributed by atoms with Gasteiger partial charge in [-0.3, -0.25) is 9.36 Å². The van der Waals surface area contributed by atoms with Gasteiger partial charge in [0.25, 0.3) is 0 Å². The standard InChI is InChI=1S/C23H27FN4O4S/c1-14(2)12-25-20(29)13-33-23-27-26-22(28(23)17-9-7-6-8-16(17)24)15-10-18(30-3)21(32-5)19(11-15)31-4/h6-11,14H,12-13H2,1-5H3,(H,25,29). The molecule has 2 aromatic carbocycles. The van der Waals surface area contributed by atoms with Crippen LogP contribution in [-0.4, -0.2) is 54.3 Å². The molecule has 176 valence electrons. The fraction of sp³-hybridized carbons (Fsp3) is 0.348. The number of rotatable bonds is 10. The molecule has 0 saturated heterocycles. The van der Waals surface area contributed by atoms with Crippen molar-refractivity contribution in [2.24, 2.45) is 5.92 Å². The maximum Gasteiger partial charge on any atom is 0.230 e. The molecule has 3 rings (SSSR count). The van der Waals surface area contributed by atoms with Gasteiger partial charge in [0.15, 0.2) is 22.5 Å². The largest absolute Gasteiger partial charge is 0.493 e. The minimum absolute atomic E-state index is 0.120. The minimum Gasteiger partial charge on any atom is -0.493 e. The Morgan fingerprint density at radius 3 is 2.33 bits per heavy atom. The van der Waals surface area contributed by atoms with Crippen LogP contribution in [0.15, 0.2) is 41.6 Å². The third kappa shape index (κ3) is 5.57. The number of aromatic nitrogens is 3. The van der Waals surface area contributed by atoms with Crippen molar-refractivity contribution in [2.75, 3.05) is 33.6 Å². The number of hydrogen-bond acceptors (Lipinski definition) is 7. The monoisotopic (exact) mass is 474 g/mol. The number of nitrogens with zero attached hydrogens (tertiary/aromatic N) is 3. The van der Waals surface area contributed by atoms with Crippen LogP contribution >= 0.6 is 11.8 Å². The zero-order chi connectivity index (χ0) is 24.0. The highest BCUT2D eigenvalue weighted by Crippen LogP contribution is 2.41. The number of carbonyl (C=O) groups is 1. The van der Waals surface area contributed by atoms with Gasteiger partial charge in [0, 0.05) is 12.1 Å². The van der Waals surface area contributed by atoms with Crippen molar-refractivity contribution in [1.82, 2.24) is 20.1 Å². The lowest BCUT2D eigenvalue weighted by Crippen LogP contribution is -2.28. The molecule has 1 aromatic heterocycles. The summed E-state index contributed by atoms with van der Waals surface area (Å²) in [5, 5.41) is 11.8. The van der Waals surface area contributed by atoms with Crippen LogP contribution in [0.5, 0.6) is 17.2 Å². The molecule has 0 aliphatic heterocycles. The van der Waals surface area contributed by atoms with Gasteiger partial charge in [0.2, 0.25) is 11.7 Å². The van der Waals surface area contributed by atoms with E-state index in [1.807, 2.05) is 13.8 Å². The van der Waals surface area contributed by atoms with E-state index in [9.17, 15) is 9.18 Å². The maximum atomic E-state index is 14.8. The van der Waals surface area contributed by atoms with E-state index in [2.05, 4.69) is 15.5 Å². The van der Waals surface area contributed by atoms with Gasteiger partial charge in [-0.25, -0.2) is 4.39 Å². The topological polar surface area (TPSA) is 87.5 Å². The molecule has 10 heteroatoms. The fourth-order valence-electron chi connectivity index (χ4n) is 3.11. The summed E-state index contributed by atoms with van der Waals surface area (Å²) in [5.41, 5.74) is 0.840. The first-order chi connectivity index (χ1) is 15.9. The summed E-state index contributed by atoms with van der Waals surface area (Å²) >= 11 is 1.18. The second-order valence-electron chi connectivity index (χ2n) is 7.49. The molecule has 0 aliphatic carbocycles. The van der Waals surface area contributed by atoms with Gasteiger partial charge in [-0.05, 0) is 30.2 Å². The van der Waals surface area contributed by atoms with E-state index in [0.29, 0.717) is 46.3 Å². The van der Waals surface area contributed by atoms with Crippen LogP contribution in [0.1, 0.15) is 13.8 Å². The Bertz CT molecular complexity index is 1090. The number of thioether (sulfide) groups is 1. The zero-order valence-corrected chi connectivity index (χ0v) is 20.0. The van der Waals surface area contributed by atoms with Crippen LogP contribution < -0.4 is 19.5 Å². The summed E-state index contributed by atoms with van der Waals surface area (Å²) in [7, 11) is 4.54. The van der Waals surface area contributed by atoms with Crippen LogP contribution in [0, 0.1) is 11.7 Å². The molecule has 3 aromatic rings. The predicted octanol–water partition coefficient (Wildman–Crippen LogP) is 3.96. The lowest BCUT2D eigenvalue weighted by Gasteiger charge is -2.15. The van der Waals surface area contributed by atoms with Crippen molar-refractivity contribution in [2.45, 2.75) is 19.0 Å². The van der Waals surface area contributed by atoms with Gasteiger partial charge in [-0.1, -0.05) is 37.7 Å². The van der Waals surface area contributed by atoms with E-state index in [1.165, 1.54) is 39.2 Å². The highest BCUT2D eigenvalue weighted by molar-refractivity contribution is 7.99. The van der Waals surface area contributed by atoms with Crippen LogP contribution in [0.3, 0.4) is 0 Å². The molecular formula is C23H27FN4O4S. The number of nitrogens with one attached hydrogen (secondary N) is 1. The fourth-order valence-corrected chi connectivity index (χ4v) is 3.88. The molecule has 1 amide bonds. The lowest BCUT2D eigenvalue weighted by atomic mass is 10.1. The maximum absolute atomic E-state index is 14.8. The third-order valence-corrected chi connectivity index (χ3v) is 5.62. The van der Waals surface area contributed by atoms with Crippen molar-refractivity contribution in [1.29, 1.82) is 0 Å². The highest BCUT2D eigenvalue weighted by Gasteiger charge is 2.22. The molecule has 0 atom stereocenters. The second kappa shape index (κ2) is 11.0. The molecule has 0 fully saturated rings. The number of hydrogen-bond donors (Lipinski definition) is 1. The molecule has 0 bridgehead atoms. The van der Waals surface area contributed by atoms with E-state index >= 15 is 0 Å². The number of ether oxygens (including phenoxy) is 3. The van der Waals surface area contributed by atoms with Gasteiger partial charge in [0.05, 0.1) is 32.8 Å². The lowest BCUT2D eigenvalue weighted by molar-refractivity contribution is -0.118. The summed E-state index contributed by atoms with van der Waals surface area (Å²) < 4.78 is 32.7. The summed E-state index contributed by atoms with van der Waals surface area (Å²) in [5.74, 6) is 1.53. The average molecular weight is 475 g/mol. The molecule has 0 radical (unpaired) electrons. The Balaban J connectivity index is 2.06. The minimum atomic E-state index is -0.447. The third-order valence-electron chi connectivity index (χ3n) is 4.69. The Labute approximate surface area is 196 Å². The Kier molecular flexibility index (Phi) is 8.16. The van der Waals surface area contributed by atoms with Gasteiger partial charge >= 0.3 is 0 Å². The summed E-state index contributed by atoms with van der Waals surface area (Å²) in [6.45, 7) is 4.62. The van der Waals surface area contributed by atoms with E-state index in [-0.39, 0.29) is 17.3 Å². The molecule has 33 heavy (non-hydrogen) atoms. The number of halogens is 1. The molecule has 0 unspecified atom stereocenters. The number of methoxy groups -OCH3 is 3. The Hall–Kier alpha value is -3.27. The average Bonchev–Trinajstić information content (AvgIpc) is 3.24. The highest BCUT2D eigenvalue weighted by atomic mass is 32.2. The van der Waals surface area contributed by atoms with E-state index in [1.54, 1.807) is 34.9 Å². The molecule has 1 heterocycles. The van der Waals surface area contributed by atoms with Crippen LogP contribution in [0.4, 0.5) is 4.39 Å². The predicted molar refractivity (Wildman–Crippen MR) is 125 cm³/mol. The summed E-state index contributed by atoms with van der Waals surface area (Å²) in [6.07, 6.45) is 0. The first kappa shape index (κ1) is 24.4. The van der Waals surface area contributed by atoms with Crippen molar-refractivity contribution in [3.8, 4) is 34.3 Å². The molecular weight excluding hydrogens is 447 g/mol. The van der Waals surface area contributed by atoms with Gasteiger partial charge in [0.1, 0.15) is 5.82 Å². The molecule has 8 nitrogen and oxygen atoms in total. The Morgan fingerprint density at radius 1 is 1.09 bits per heavy atom. The smallest absolute Gasteiger partial charge is 0.230 e. The van der Waals surface area contributed by atoms with E-state index < -0.39 is 5.82 Å². The normalized spacial score (nSPS) is 10.9. The molecule has 1 N–H and O–H groups in total. The van der Waals surface area contributed by atoms with Crippen molar-refractivity contribution in [3.05, 3.63) is 42.2 Å². The number of carbonyl (C=O) groups excluding carboxylic acids is 1. The second-order valence-corrected chi connectivity index (χ2v) is 8.44. The molecule has 0 spiro atoms. The van der Waals surface area contributed by atoms with E-state index in [4.69, 9.17) is 14.2 Å². The van der Waals surface area contributed by atoms with Crippen LogP contribution in [0.2, 0.25) is 0 Å². The van der Waals surface area contributed by atoms with Gasteiger partial charge in [-0.15, -0.1) is 10.2 Å². The number of amides is 1. The Morgan fingerprint density at radius 2 is 1.76 bits per heavy atom.